The summed E-state index contributed by atoms with van der Waals surface area (Å²) in [6, 6.07) is 0. The first-order valence-corrected chi connectivity index (χ1v) is 6.02. The molecule has 2 heterocycles. The molecule has 0 amide bonds. The van der Waals surface area contributed by atoms with Crippen LogP contribution in [0.4, 0.5) is 0 Å². The lowest BCUT2D eigenvalue weighted by Crippen LogP contribution is -2.27. The second-order valence-corrected chi connectivity index (χ2v) is 4.55. The summed E-state index contributed by atoms with van der Waals surface area (Å²) in [5, 5.41) is 4.09. The van der Waals surface area contributed by atoms with Crippen molar-refractivity contribution in [2.45, 2.75) is 32.7 Å². The van der Waals surface area contributed by atoms with Crippen molar-refractivity contribution in [3.63, 3.8) is 0 Å². The molecule has 0 fully saturated rings. The largest absolute Gasteiger partial charge is 0.319 e. The van der Waals surface area contributed by atoms with E-state index in [-0.39, 0.29) is 0 Å². The Kier molecular flexibility index (Phi) is 3.32. The van der Waals surface area contributed by atoms with Gasteiger partial charge in [0.1, 0.15) is 11.0 Å². The summed E-state index contributed by atoms with van der Waals surface area (Å²) < 4.78 is 2.17. The highest BCUT2D eigenvalue weighted by Crippen LogP contribution is 2.26. The van der Waals surface area contributed by atoms with Gasteiger partial charge in [0.2, 0.25) is 0 Å². The van der Waals surface area contributed by atoms with Crippen LogP contribution in [0.25, 0.3) is 0 Å². The Hall–Kier alpha value is -0.540. The SMILES string of the molecule is CCc1nc2n(c1Cl)CCC(CNC)C2. The number of hydrogen-bond donors (Lipinski definition) is 1. The predicted molar refractivity (Wildman–Crippen MR) is 62.4 cm³/mol. The molecule has 0 saturated carbocycles. The van der Waals surface area contributed by atoms with Gasteiger partial charge in [-0.2, -0.15) is 0 Å². The zero-order chi connectivity index (χ0) is 10.8. The van der Waals surface area contributed by atoms with Gasteiger partial charge in [0.25, 0.3) is 0 Å². The van der Waals surface area contributed by atoms with Crippen molar-refractivity contribution in [3.05, 3.63) is 16.7 Å². The number of nitrogens with one attached hydrogen (secondary N) is 1. The lowest BCUT2D eigenvalue weighted by atomic mass is 9.98. The molecule has 0 aliphatic carbocycles. The molecule has 1 N–H and O–H groups in total. The van der Waals surface area contributed by atoms with Gasteiger partial charge in [0.05, 0.1) is 5.69 Å². The molecule has 1 atom stereocenters. The van der Waals surface area contributed by atoms with Crippen molar-refractivity contribution >= 4 is 11.6 Å². The van der Waals surface area contributed by atoms with Crippen LogP contribution in [0, 0.1) is 5.92 Å². The number of halogens is 1. The van der Waals surface area contributed by atoms with E-state index in [2.05, 4.69) is 21.8 Å². The van der Waals surface area contributed by atoms with E-state index in [1.54, 1.807) is 0 Å². The molecule has 3 nitrogen and oxygen atoms in total. The van der Waals surface area contributed by atoms with Crippen LogP contribution < -0.4 is 5.32 Å². The lowest BCUT2D eigenvalue weighted by Gasteiger charge is -2.23. The Labute approximate surface area is 95.8 Å². The normalized spacial score (nSPS) is 20.3. The molecule has 0 bridgehead atoms. The highest BCUT2D eigenvalue weighted by molar-refractivity contribution is 6.30. The number of hydrogen-bond acceptors (Lipinski definition) is 2. The molecule has 1 unspecified atom stereocenters. The molecular weight excluding hydrogens is 210 g/mol. The maximum Gasteiger partial charge on any atom is 0.132 e. The molecule has 0 spiro atoms. The minimum absolute atomic E-state index is 0.714. The number of imidazole rings is 1. The second kappa shape index (κ2) is 4.54. The fourth-order valence-corrected chi connectivity index (χ4v) is 2.63. The Morgan fingerprint density at radius 3 is 3.07 bits per heavy atom. The summed E-state index contributed by atoms with van der Waals surface area (Å²) in [6.45, 7) is 4.20. The molecule has 0 radical (unpaired) electrons. The van der Waals surface area contributed by atoms with E-state index in [1.165, 1.54) is 12.2 Å². The van der Waals surface area contributed by atoms with E-state index in [0.29, 0.717) is 5.92 Å². The number of fused-ring (bicyclic) bond motifs is 1. The van der Waals surface area contributed by atoms with Crippen LogP contribution in [0.15, 0.2) is 0 Å². The van der Waals surface area contributed by atoms with Crippen molar-refractivity contribution in [1.82, 2.24) is 14.9 Å². The third-order valence-corrected chi connectivity index (χ3v) is 3.53. The van der Waals surface area contributed by atoms with E-state index in [9.17, 15) is 0 Å². The van der Waals surface area contributed by atoms with Gasteiger partial charge >= 0.3 is 0 Å². The number of aryl methyl sites for hydroxylation is 1. The van der Waals surface area contributed by atoms with Gasteiger partial charge < -0.3 is 9.88 Å². The highest BCUT2D eigenvalue weighted by atomic mass is 35.5. The van der Waals surface area contributed by atoms with Gasteiger partial charge in [0, 0.05) is 13.0 Å². The molecule has 1 aromatic heterocycles. The van der Waals surface area contributed by atoms with E-state index in [0.717, 1.165) is 36.8 Å². The van der Waals surface area contributed by atoms with Crippen LogP contribution in [-0.4, -0.2) is 23.1 Å². The van der Waals surface area contributed by atoms with Crippen LogP contribution in [-0.2, 0) is 19.4 Å². The van der Waals surface area contributed by atoms with Crippen LogP contribution in [0.5, 0.6) is 0 Å². The molecule has 0 saturated heterocycles. The summed E-state index contributed by atoms with van der Waals surface area (Å²) in [5.41, 5.74) is 1.05. The Bertz CT molecular complexity index is 346. The topological polar surface area (TPSA) is 29.9 Å². The minimum atomic E-state index is 0.714. The molecule has 1 aliphatic heterocycles. The van der Waals surface area contributed by atoms with Crippen LogP contribution in [0.3, 0.4) is 0 Å². The third kappa shape index (κ3) is 2.04. The first kappa shape index (κ1) is 11.0. The van der Waals surface area contributed by atoms with E-state index in [1.807, 2.05) is 7.05 Å². The van der Waals surface area contributed by atoms with Gasteiger partial charge in [-0.25, -0.2) is 4.98 Å². The average Bonchev–Trinajstić information content (AvgIpc) is 2.56. The van der Waals surface area contributed by atoms with E-state index in [4.69, 9.17) is 11.6 Å². The summed E-state index contributed by atoms with van der Waals surface area (Å²) in [4.78, 5) is 4.60. The molecule has 1 aliphatic rings. The Balaban J connectivity index is 2.19. The fourth-order valence-electron chi connectivity index (χ4n) is 2.27. The minimum Gasteiger partial charge on any atom is -0.319 e. The average molecular weight is 228 g/mol. The highest BCUT2D eigenvalue weighted by Gasteiger charge is 2.22. The van der Waals surface area contributed by atoms with Gasteiger partial charge in [-0.3, -0.25) is 0 Å². The number of rotatable bonds is 3. The van der Waals surface area contributed by atoms with Crippen molar-refractivity contribution in [1.29, 1.82) is 0 Å². The van der Waals surface area contributed by atoms with Crippen molar-refractivity contribution < 1.29 is 0 Å². The molecule has 0 aromatic carbocycles. The smallest absolute Gasteiger partial charge is 0.132 e. The molecule has 2 rings (SSSR count). The lowest BCUT2D eigenvalue weighted by molar-refractivity contribution is 0.372. The summed E-state index contributed by atoms with van der Waals surface area (Å²) in [6.07, 6.45) is 3.18. The fraction of sp³-hybridized carbons (Fsp3) is 0.727. The quantitative estimate of drug-likeness (QED) is 0.855. The van der Waals surface area contributed by atoms with Crippen molar-refractivity contribution in [3.8, 4) is 0 Å². The monoisotopic (exact) mass is 227 g/mol. The first-order chi connectivity index (χ1) is 7.26. The zero-order valence-corrected chi connectivity index (χ0v) is 10.1. The molecular formula is C11H18ClN3. The molecule has 84 valence electrons. The number of aromatic nitrogens is 2. The third-order valence-electron chi connectivity index (χ3n) is 3.11. The molecule has 15 heavy (non-hydrogen) atoms. The van der Waals surface area contributed by atoms with E-state index >= 15 is 0 Å². The van der Waals surface area contributed by atoms with Crippen LogP contribution in [0.2, 0.25) is 5.15 Å². The van der Waals surface area contributed by atoms with Crippen LogP contribution in [0.1, 0.15) is 24.9 Å². The second-order valence-electron chi connectivity index (χ2n) is 4.19. The van der Waals surface area contributed by atoms with Gasteiger partial charge in [0.15, 0.2) is 0 Å². The van der Waals surface area contributed by atoms with Crippen LogP contribution >= 0.6 is 11.6 Å². The standard InChI is InChI=1S/C11H18ClN3/c1-3-9-11(12)15-5-4-8(7-13-2)6-10(15)14-9/h8,13H,3-7H2,1-2H3. The maximum atomic E-state index is 6.25. The first-order valence-electron chi connectivity index (χ1n) is 5.64. The zero-order valence-electron chi connectivity index (χ0n) is 9.39. The Morgan fingerprint density at radius 1 is 1.60 bits per heavy atom. The number of nitrogens with zero attached hydrogens (tertiary/aromatic N) is 2. The predicted octanol–water partition coefficient (Wildman–Crippen LogP) is 1.88. The Morgan fingerprint density at radius 2 is 2.40 bits per heavy atom. The molecule has 1 aromatic rings. The van der Waals surface area contributed by atoms with Crippen molar-refractivity contribution in [2.24, 2.45) is 5.92 Å². The van der Waals surface area contributed by atoms with Gasteiger partial charge in [-0.05, 0) is 32.4 Å². The summed E-state index contributed by atoms with van der Waals surface area (Å²) >= 11 is 6.25. The van der Waals surface area contributed by atoms with Gasteiger partial charge in [-0.1, -0.05) is 18.5 Å². The van der Waals surface area contributed by atoms with E-state index < -0.39 is 0 Å². The molecule has 4 heteroatoms. The van der Waals surface area contributed by atoms with Crippen molar-refractivity contribution in [2.75, 3.05) is 13.6 Å². The van der Waals surface area contributed by atoms with Gasteiger partial charge in [-0.15, -0.1) is 0 Å². The summed E-state index contributed by atoms with van der Waals surface area (Å²) in [5.74, 6) is 1.88. The summed E-state index contributed by atoms with van der Waals surface area (Å²) in [7, 11) is 2.01. The maximum absolute atomic E-state index is 6.25.